The monoisotopic (exact) mass is 209 g/mol. The lowest BCUT2D eigenvalue weighted by molar-refractivity contribution is 0.101. The number of aliphatic hydroxyl groups is 2. The van der Waals surface area contributed by atoms with Crippen molar-refractivity contribution < 1.29 is 15.0 Å². The molecule has 0 fully saturated rings. The maximum Gasteiger partial charge on any atom is 0.159 e. The number of hydrogen-bond acceptors (Lipinski definition) is 4. The first-order valence-electron chi connectivity index (χ1n) is 4.76. The van der Waals surface area contributed by atoms with Gasteiger partial charge in [0.1, 0.15) is 0 Å². The fourth-order valence-corrected chi connectivity index (χ4v) is 1.19. The fraction of sp³-hybridized carbons (Fsp3) is 0.364. The van der Waals surface area contributed by atoms with E-state index in [0.29, 0.717) is 5.56 Å². The summed E-state index contributed by atoms with van der Waals surface area (Å²) in [6, 6.07) is 6.53. The molecule has 0 radical (unpaired) electrons. The molecule has 82 valence electrons. The van der Waals surface area contributed by atoms with Crippen LogP contribution in [0.3, 0.4) is 0 Å². The van der Waals surface area contributed by atoms with E-state index in [4.69, 9.17) is 10.2 Å². The number of hydrogen-bond donors (Lipinski definition) is 3. The van der Waals surface area contributed by atoms with Gasteiger partial charge in [0.15, 0.2) is 5.78 Å². The summed E-state index contributed by atoms with van der Waals surface area (Å²) in [4.78, 5) is 11.0. The predicted molar refractivity (Wildman–Crippen MR) is 58.0 cm³/mol. The molecule has 1 aromatic carbocycles. The highest BCUT2D eigenvalue weighted by molar-refractivity contribution is 5.94. The minimum atomic E-state index is -0.367. The lowest BCUT2D eigenvalue weighted by atomic mass is 10.1. The molecule has 0 aliphatic carbocycles. The van der Waals surface area contributed by atoms with Gasteiger partial charge in [-0.05, 0) is 31.2 Å². The number of ketones is 1. The van der Waals surface area contributed by atoms with Crippen molar-refractivity contribution in [3.05, 3.63) is 29.8 Å². The summed E-state index contributed by atoms with van der Waals surface area (Å²) in [5, 5.41) is 20.6. The van der Waals surface area contributed by atoms with E-state index in [-0.39, 0.29) is 25.0 Å². The molecule has 0 spiro atoms. The van der Waals surface area contributed by atoms with Crippen molar-refractivity contribution in [1.82, 2.24) is 0 Å². The Kier molecular flexibility index (Phi) is 4.27. The molecule has 4 heteroatoms. The normalized spacial score (nSPS) is 10.4. The Labute approximate surface area is 88.6 Å². The number of carbonyl (C=O) groups is 1. The van der Waals surface area contributed by atoms with Gasteiger partial charge >= 0.3 is 0 Å². The summed E-state index contributed by atoms with van der Waals surface area (Å²) in [5.74, 6) is 0.0161. The van der Waals surface area contributed by atoms with Gasteiger partial charge in [-0.15, -0.1) is 0 Å². The van der Waals surface area contributed by atoms with Gasteiger partial charge in [-0.25, -0.2) is 0 Å². The highest BCUT2D eigenvalue weighted by atomic mass is 16.3. The topological polar surface area (TPSA) is 69.6 Å². The average Bonchev–Trinajstić information content (AvgIpc) is 2.26. The molecule has 0 saturated carbocycles. The average molecular weight is 209 g/mol. The van der Waals surface area contributed by atoms with Gasteiger partial charge in [0.2, 0.25) is 0 Å². The molecule has 3 N–H and O–H groups in total. The van der Waals surface area contributed by atoms with E-state index in [0.717, 1.165) is 5.69 Å². The number of carbonyl (C=O) groups excluding carboxylic acids is 1. The van der Waals surface area contributed by atoms with E-state index in [1.54, 1.807) is 24.3 Å². The zero-order valence-corrected chi connectivity index (χ0v) is 8.60. The lowest BCUT2D eigenvalue weighted by Gasteiger charge is -2.14. The van der Waals surface area contributed by atoms with Gasteiger partial charge in [0.25, 0.3) is 0 Å². The van der Waals surface area contributed by atoms with Crippen LogP contribution in [0.2, 0.25) is 0 Å². The number of nitrogens with one attached hydrogen (secondary N) is 1. The molecule has 0 bridgehead atoms. The Morgan fingerprint density at radius 3 is 2.20 bits per heavy atom. The Hall–Kier alpha value is -1.39. The summed E-state index contributed by atoms with van der Waals surface area (Å²) in [6.07, 6.45) is 0. The molecule has 4 nitrogen and oxygen atoms in total. The third-order valence-electron chi connectivity index (χ3n) is 2.10. The summed E-state index contributed by atoms with van der Waals surface area (Å²) in [6.45, 7) is 1.24. The van der Waals surface area contributed by atoms with Gasteiger partial charge in [-0.2, -0.15) is 0 Å². The third-order valence-corrected chi connectivity index (χ3v) is 2.10. The summed E-state index contributed by atoms with van der Waals surface area (Å²) in [7, 11) is 0. The van der Waals surface area contributed by atoms with Crippen molar-refractivity contribution >= 4 is 11.5 Å². The summed E-state index contributed by atoms with van der Waals surface area (Å²) >= 11 is 0. The van der Waals surface area contributed by atoms with Crippen LogP contribution in [-0.2, 0) is 0 Å². The van der Waals surface area contributed by atoms with Crippen molar-refractivity contribution in [2.75, 3.05) is 18.5 Å². The zero-order valence-electron chi connectivity index (χ0n) is 8.60. The van der Waals surface area contributed by atoms with Crippen LogP contribution in [0.1, 0.15) is 17.3 Å². The van der Waals surface area contributed by atoms with Crippen LogP contribution >= 0.6 is 0 Å². The van der Waals surface area contributed by atoms with Gasteiger partial charge in [-0.3, -0.25) is 4.79 Å². The highest BCUT2D eigenvalue weighted by Crippen LogP contribution is 2.10. The van der Waals surface area contributed by atoms with Gasteiger partial charge in [0.05, 0.1) is 19.3 Å². The first-order valence-corrected chi connectivity index (χ1v) is 4.76. The van der Waals surface area contributed by atoms with E-state index < -0.39 is 0 Å². The first-order chi connectivity index (χ1) is 7.17. The largest absolute Gasteiger partial charge is 0.394 e. The summed E-state index contributed by atoms with van der Waals surface area (Å²) in [5.41, 5.74) is 1.41. The molecule has 15 heavy (non-hydrogen) atoms. The quantitative estimate of drug-likeness (QED) is 0.623. The van der Waals surface area contributed by atoms with Crippen molar-refractivity contribution in [2.24, 2.45) is 0 Å². The van der Waals surface area contributed by atoms with Crippen molar-refractivity contribution in [3.8, 4) is 0 Å². The first kappa shape index (κ1) is 11.7. The minimum Gasteiger partial charge on any atom is -0.394 e. The van der Waals surface area contributed by atoms with Crippen LogP contribution in [0.5, 0.6) is 0 Å². The Morgan fingerprint density at radius 1 is 1.27 bits per heavy atom. The minimum absolute atomic E-state index is 0.0161. The SMILES string of the molecule is CC(=O)c1ccc(NC(CO)CO)cc1. The molecule has 0 atom stereocenters. The number of aliphatic hydroxyl groups excluding tert-OH is 2. The molecule has 0 saturated heterocycles. The number of Topliss-reactive ketones (excluding diaryl/α,β-unsaturated/α-hetero) is 1. The second-order valence-electron chi connectivity index (χ2n) is 3.34. The van der Waals surface area contributed by atoms with Crippen molar-refractivity contribution in [1.29, 1.82) is 0 Å². The number of rotatable bonds is 5. The Balaban J connectivity index is 2.67. The third kappa shape index (κ3) is 3.34. The van der Waals surface area contributed by atoms with Crippen LogP contribution in [0.15, 0.2) is 24.3 Å². The van der Waals surface area contributed by atoms with E-state index >= 15 is 0 Å². The van der Waals surface area contributed by atoms with E-state index in [1.807, 2.05) is 0 Å². The van der Waals surface area contributed by atoms with Crippen molar-refractivity contribution in [3.63, 3.8) is 0 Å². The van der Waals surface area contributed by atoms with Crippen molar-refractivity contribution in [2.45, 2.75) is 13.0 Å². The van der Waals surface area contributed by atoms with Gasteiger partial charge in [0, 0.05) is 11.3 Å². The molecule has 1 rings (SSSR count). The number of anilines is 1. The van der Waals surface area contributed by atoms with E-state index in [9.17, 15) is 4.79 Å². The second kappa shape index (κ2) is 5.48. The van der Waals surface area contributed by atoms with Crippen LogP contribution in [0, 0.1) is 0 Å². The second-order valence-corrected chi connectivity index (χ2v) is 3.34. The highest BCUT2D eigenvalue weighted by Gasteiger charge is 2.05. The molecule has 0 aliphatic rings. The molecular weight excluding hydrogens is 194 g/mol. The fourth-order valence-electron chi connectivity index (χ4n) is 1.19. The van der Waals surface area contributed by atoms with Crippen LogP contribution in [0.25, 0.3) is 0 Å². The maximum absolute atomic E-state index is 11.0. The molecule has 0 unspecified atom stereocenters. The summed E-state index contributed by atoms with van der Waals surface area (Å²) < 4.78 is 0. The molecular formula is C11H15NO3. The zero-order chi connectivity index (χ0) is 11.3. The lowest BCUT2D eigenvalue weighted by Crippen LogP contribution is -2.27. The van der Waals surface area contributed by atoms with E-state index in [2.05, 4.69) is 5.32 Å². The van der Waals surface area contributed by atoms with Crippen LogP contribution in [-0.4, -0.2) is 35.3 Å². The van der Waals surface area contributed by atoms with Crippen LogP contribution in [0.4, 0.5) is 5.69 Å². The molecule has 1 aromatic rings. The molecule has 0 heterocycles. The molecule has 0 aromatic heterocycles. The van der Waals surface area contributed by atoms with E-state index in [1.165, 1.54) is 6.92 Å². The molecule has 0 aliphatic heterocycles. The Bertz CT molecular complexity index is 317. The predicted octanol–water partition coefficient (Wildman–Crippen LogP) is 0.654. The van der Waals surface area contributed by atoms with Gasteiger partial charge < -0.3 is 15.5 Å². The standard InChI is InChI=1S/C11H15NO3/c1-8(15)9-2-4-10(5-3-9)12-11(6-13)7-14/h2-5,11-14H,6-7H2,1H3. The molecule has 0 amide bonds. The Morgan fingerprint density at radius 2 is 1.80 bits per heavy atom. The van der Waals surface area contributed by atoms with Gasteiger partial charge in [-0.1, -0.05) is 0 Å². The van der Waals surface area contributed by atoms with Crippen LogP contribution < -0.4 is 5.32 Å². The number of benzene rings is 1. The smallest absolute Gasteiger partial charge is 0.159 e. The maximum atomic E-state index is 11.0.